The fourth-order valence-electron chi connectivity index (χ4n) is 1.02. The molecular formula is C8H9F3N2O. The summed E-state index contributed by atoms with van der Waals surface area (Å²) < 4.78 is 37.3. The van der Waals surface area contributed by atoms with Crippen LogP contribution in [-0.2, 0) is 6.18 Å². The van der Waals surface area contributed by atoms with Crippen molar-refractivity contribution >= 4 is 5.91 Å². The van der Waals surface area contributed by atoms with Gasteiger partial charge in [-0.25, -0.2) is 4.68 Å². The number of nitrogens with zero attached hydrogens (tertiary/aromatic N) is 2. The minimum atomic E-state index is -4.50. The van der Waals surface area contributed by atoms with Crippen LogP contribution in [0.15, 0.2) is 6.07 Å². The summed E-state index contributed by atoms with van der Waals surface area (Å²) in [5.74, 6) is -0.446. The zero-order valence-corrected chi connectivity index (χ0v) is 7.72. The molecule has 0 aliphatic heterocycles. The molecule has 0 unspecified atom stereocenters. The number of carbonyl (C=O) groups is 1. The van der Waals surface area contributed by atoms with E-state index in [9.17, 15) is 18.0 Å². The number of halogens is 3. The molecule has 6 heteroatoms. The van der Waals surface area contributed by atoms with Crippen LogP contribution in [0.1, 0.15) is 29.5 Å². The van der Waals surface area contributed by atoms with Gasteiger partial charge in [-0.2, -0.15) is 18.3 Å². The maximum atomic E-state index is 12.2. The van der Waals surface area contributed by atoms with Gasteiger partial charge in [-0.3, -0.25) is 4.79 Å². The van der Waals surface area contributed by atoms with E-state index < -0.39 is 17.8 Å². The SMILES string of the molecule is CCC(=O)n1nc(C(F)(F)F)cc1C. The topological polar surface area (TPSA) is 34.9 Å². The van der Waals surface area contributed by atoms with E-state index in [4.69, 9.17) is 0 Å². The predicted molar refractivity (Wildman–Crippen MR) is 42.9 cm³/mol. The zero-order chi connectivity index (χ0) is 10.9. The van der Waals surface area contributed by atoms with Crippen LogP contribution >= 0.6 is 0 Å². The number of alkyl halides is 3. The number of aryl methyl sites for hydroxylation is 1. The Bertz CT molecular complexity index is 354. The Morgan fingerprint density at radius 3 is 2.50 bits per heavy atom. The first-order valence-corrected chi connectivity index (χ1v) is 4.03. The molecule has 0 amide bonds. The highest BCUT2D eigenvalue weighted by Gasteiger charge is 2.34. The lowest BCUT2D eigenvalue weighted by Crippen LogP contribution is -2.14. The van der Waals surface area contributed by atoms with Gasteiger partial charge in [-0.05, 0) is 13.0 Å². The molecule has 0 spiro atoms. The number of carbonyl (C=O) groups excluding carboxylic acids is 1. The minimum absolute atomic E-state index is 0.125. The largest absolute Gasteiger partial charge is 0.435 e. The van der Waals surface area contributed by atoms with Crippen molar-refractivity contribution in [3.8, 4) is 0 Å². The van der Waals surface area contributed by atoms with Crippen molar-refractivity contribution in [3.63, 3.8) is 0 Å². The van der Waals surface area contributed by atoms with E-state index >= 15 is 0 Å². The Morgan fingerprint density at radius 2 is 2.14 bits per heavy atom. The van der Waals surface area contributed by atoms with Crippen molar-refractivity contribution in [2.24, 2.45) is 0 Å². The van der Waals surface area contributed by atoms with Crippen molar-refractivity contribution in [1.29, 1.82) is 0 Å². The van der Waals surface area contributed by atoms with Crippen molar-refractivity contribution < 1.29 is 18.0 Å². The van der Waals surface area contributed by atoms with E-state index in [1.165, 1.54) is 6.92 Å². The van der Waals surface area contributed by atoms with Gasteiger partial charge in [-0.1, -0.05) is 6.92 Å². The maximum absolute atomic E-state index is 12.2. The second-order valence-electron chi connectivity index (χ2n) is 2.83. The van der Waals surface area contributed by atoms with Crippen molar-refractivity contribution in [2.45, 2.75) is 26.4 Å². The monoisotopic (exact) mass is 206 g/mol. The third-order valence-corrected chi connectivity index (χ3v) is 1.72. The fourth-order valence-corrected chi connectivity index (χ4v) is 1.02. The van der Waals surface area contributed by atoms with Gasteiger partial charge in [-0.15, -0.1) is 0 Å². The Kier molecular flexibility index (Phi) is 2.64. The molecular weight excluding hydrogens is 197 g/mol. The third-order valence-electron chi connectivity index (χ3n) is 1.72. The minimum Gasteiger partial charge on any atom is -0.273 e. The molecule has 3 nitrogen and oxygen atoms in total. The summed E-state index contributed by atoms with van der Waals surface area (Å²) in [5, 5.41) is 3.19. The first-order valence-electron chi connectivity index (χ1n) is 4.03. The molecule has 0 radical (unpaired) electrons. The zero-order valence-electron chi connectivity index (χ0n) is 7.72. The highest BCUT2D eigenvalue weighted by Crippen LogP contribution is 2.28. The summed E-state index contributed by atoms with van der Waals surface area (Å²) in [6.07, 6.45) is -4.37. The van der Waals surface area contributed by atoms with Gasteiger partial charge in [0, 0.05) is 12.1 Å². The van der Waals surface area contributed by atoms with E-state index in [0.29, 0.717) is 0 Å². The van der Waals surface area contributed by atoms with Gasteiger partial charge < -0.3 is 0 Å². The van der Waals surface area contributed by atoms with Gasteiger partial charge in [0.15, 0.2) is 5.69 Å². The summed E-state index contributed by atoms with van der Waals surface area (Å²) in [4.78, 5) is 11.1. The number of hydrogen-bond donors (Lipinski definition) is 0. The first kappa shape index (κ1) is 10.7. The second-order valence-corrected chi connectivity index (χ2v) is 2.83. The first-order chi connectivity index (χ1) is 6.36. The Balaban J connectivity index is 3.12. The van der Waals surface area contributed by atoms with E-state index in [-0.39, 0.29) is 12.1 Å². The van der Waals surface area contributed by atoms with Gasteiger partial charge in [0.25, 0.3) is 0 Å². The maximum Gasteiger partial charge on any atom is 0.435 e. The quantitative estimate of drug-likeness (QED) is 0.706. The number of rotatable bonds is 1. The van der Waals surface area contributed by atoms with Crippen LogP contribution in [0, 0.1) is 6.92 Å². The molecule has 1 aromatic heterocycles. The molecule has 78 valence electrons. The summed E-state index contributed by atoms with van der Waals surface area (Å²) in [6.45, 7) is 2.98. The lowest BCUT2D eigenvalue weighted by atomic mass is 10.3. The molecule has 0 fully saturated rings. The lowest BCUT2D eigenvalue weighted by Gasteiger charge is -2.00. The highest BCUT2D eigenvalue weighted by atomic mass is 19.4. The van der Waals surface area contributed by atoms with Crippen LogP contribution < -0.4 is 0 Å². The smallest absolute Gasteiger partial charge is 0.273 e. The summed E-state index contributed by atoms with van der Waals surface area (Å²) >= 11 is 0. The highest BCUT2D eigenvalue weighted by molar-refractivity contribution is 5.78. The second kappa shape index (κ2) is 3.43. The number of aromatic nitrogens is 2. The molecule has 0 aliphatic carbocycles. The average molecular weight is 206 g/mol. The number of hydrogen-bond acceptors (Lipinski definition) is 2. The molecule has 0 saturated carbocycles. The van der Waals surface area contributed by atoms with Gasteiger partial charge in [0.2, 0.25) is 5.91 Å². The summed E-state index contributed by atoms with van der Waals surface area (Å²) in [6, 6.07) is 0.855. The van der Waals surface area contributed by atoms with Crippen LogP contribution in [0.4, 0.5) is 13.2 Å². The molecule has 0 atom stereocenters. The van der Waals surface area contributed by atoms with Gasteiger partial charge in [0.1, 0.15) is 0 Å². The molecule has 0 aromatic carbocycles. The van der Waals surface area contributed by atoms with E-state index in [0.717, 1.165) is 10.7 Å². The van der Waals surface area contributed by atoms with Crippen molar-refractivity contribution in [2.75, 3.05) is 0 Å². The lowest BCUT2D eigenvalue weighted by molar-refractivity contribution is -0.141. The van der Waals surface area contributed by atoms with Crippen LogP contribution in [0.2, 0.25) is 0 Å². The fraction of sp³-hybridized carbons (Fsp3) is 0.500. The third kappa shape index (κ3) is 1.94. The Morgan fingerprint density at radius 1 is 1.57 bits per heavy atom. The van der Waals surface area contributed by atoms with Gasteiger partial charge >= 0.3 is 6.18 Å². The van der Waals surface area contributed by atoms with Crippen LogP contribution in [0.3, 0.4) is 0 Å². The molecule has 0 N–H and O–H groups in total. The van der Waals surface area contributed by atoms with Gasteiger partial charge in [0.05, 0.1) is 0 Å². The summed E-state index contributed by atoms with van der Waals surface area (Å²) in [7, 11) is 0. The summed E-state index contributed by atoms with van der Waals surface area (Å²) in [5.41, 5.74) is -0.832. The predicted octanol–water partition coefficient (Wildman–Crippen LogP) is 2.26. The van der Waals surface area contributed by atoms with Crippen LogP contribution in [-0.4, -0.2) is 15.7 Å². The molecule has 0 aliphatic rings. The normalized spacial score (nSPS) is 11.8. The van der Waals surface area contributed by atoms with E-state index in [2.05, 4.69) is 5.10 Å². The Labute approximate surface area is 78.5 Å². The molecule has 1 rings (SSSR count). The molecule has 0 bridgehead atoms. The molecule has 0 saturated heterocycles. The molecule has 1 heterocycles. The standard InChI is InChI=1S/C8H9F3N2O/c1-3-7(14)13-5(2)4-6(12-13)8(9,10)11/h4H,3H2,1-2H3. The molecule has 14 heavy (non-hydrogen) atoms. The molecule has 1 aromatic rings. The van der Waals surface area contributed by atoms with Crippen LogP contribution in [0.25, 0.3) is 0 Å². The van der Waals surface area contributed by atoms with Crippen LogP contribution in [0.5, 0.6) is 0 Å². The Hall–Kier alpha value is -1.33. The van der Waals surface area contributed by atoms with E-state index in [1.54, 1.807) is 6.92 Å². The van der Waals surface area contributed by atoms with Crippen molar-refractivity contribution in [1.82, 2.24) is 9.78 Å². The van der Waals surface area contributed by atoms with Crippen molar-refractivity contribution in [3.05, 3.63) is 17.5 Å². The average Bonchev–Trinajstić information content (AvgIpc) is 2.45. The van der Waals surface area contributed by atoms with E-state index in [1.807, 2.05) is 0 Å².